The summed E-state index contributed by atoms with van der Waals surface area (Å²) in [5.74, 6) is 0. The molecule has 2 rings (SSSR count). The highest BCUT2D eigenvalue weighted by atomic mass is 79.9. The average Bonchev–Trinajstić information content (AvgIpc) is 2.29. The summed E-state index contributed by atoms with van der Waals surface area (Å²) in [6.07, 6.45) is 1.91. The van der Waals surface area contributed by atoms with Gasteiger partial charge in [0.15, 0.2) is 0 Å². The van der Waals surface area contributed by atoms with Crippen LogP contribution in [0.1, 0.15) is 11.4 Å². The number of aromatic nitrogens is 3. The summed E-state index contributed by atoms with van der Waals surface area (Å²) in [5.41, 5.74) is 3.04. The molecular weight excluding hydrogens is 218 g/mol. The molecule has 0 aliphatic heterocycles. The zero-order chi connectivity index (χ0) is 8.72. The standard InChI is InChI=1S/C8H8BrN3/c1-5-4-12-7(6(2)10-5)3-8(9)11-12/h3-4H,1-2H3. The topological polar surface area (TPSA) is 30.2 Å². The number of aryl methyl sites for hydroxylation is 2. The summed E-state index contributed by atoms with van der Waals surface area (Å²) in [6, 6.07) is 1.96. The highest BCUT2D eigenvalue weighted by Gasteiger charge is 2.02. The van der Waals surface area contributed by atoms with Gasteiger partial charge in [-0.05, 0) is 29.8 Å². The van der Waals surface area contributed by atoms with Crippen LogP contribution in [0.3, 0.4) is 0 Å². The first-order valence-electron chi connectivity index (χ1n) is 3.66. The van der Waals surface area contributed by atoms with Crippen molar-refractivity contribution in [2.75, 3.05) is 0 Å². The van der Waals surface area contributed by atoms with Crippen molar-refractivity contribution in [3.8, 4) is 0 Å². The third-order valence-electron chi connectivity index (χ3n) is 1.73. The second-order valence-electron chi connectivity index (χ2n) is 2.76. The smallest absolute Gasteiger partial charge is 0.129 e. The molecule has 0 saturated carbocycles. The third-order valence-corrected chi connectivity index (χ3v) is 2.12. The minimum Gasteiger partial charge on any atom is -0.255 e. The van der Waals surface area contributed by atoms with Gasteiger partial charge in [0.25, 0.3) is 0 Å². The zero-order valence-corrected chi connectivity index (χ0v) is 8.46. The van der Waals surface area contributed by atoms with Crippen LogP contribution in [0.25, 0.3) is 5.52 Å². The van der Waals surface area contributed by atoms with Crippen LogP contribution in [0.4, 0.5) is 0 Å². The van der Waals surface area contributed by atoms with E-state index in [1.165, 1.54) is 0 Å². The molecule has 0 fully saturated rings. The van der Waals surface area contributed by atoms with E-state index in [1.807, 2.05) is 30.6 Å². The monoisotopic (exact) mass is 225 g/mol. The van der Waals surface area contributed by atoms with Gasteiger partial charge in [0, 0.05) is 6.07 Å². The van der Waals surface area contributed by atoms with E-state index in [4.69, 9.17) is 0 Å². The van der Waals surface area contributed by atoms with E-state index in [9.17, 15) is 0 Å². The van der Waals surface area contributed by atoms with Crippen LogP contribution in [0, 0.1) is 13.8 Å². The number of nitrogens with zero attached hydrogens (tertiary/aromatic N) is 3. The van der Waals surface area contributed by atoms with Crippen molar-refractivity contribution in [1.29, 1.82) is 0 Å². The molecule has 2 aromatic heterocycles. The lowest BCUT2D eigenvalue weighted by atomic mass is 10.3. The summed E-state index contributed by atoms with van der Waals surface area (Å²) < 4.78 is 2.68. The molecule has 0 saturated heterocycles. The van der Waals surface area contributed by atoms with E-state index in [0.717, 1.165) is 21.5 Å². The van der Waals surface area contributed by atoms with Gasteiger partial charge in [-0.2, -0.15) is 5.10 Å². The molecule has 0 aromatic carbocycles. The molecule has 2 aromatic rings. The van der Waals surface area contributed by atoms with Crippen LogP contribution in [0.5, 0.6) is 0 Å². The van der Waals surface area contributed by atoms with Crippen molar-refractivity contribution in [3.05, 3.63) is 28.3 Å². The zero-order valence-electron chi connectivity index (χ0n) is 6.87. The lowest BCUT2D eigenvalue weighted by Gasteiger charge is -1.98. The van der Waals surface area contributed by atoms with Gasteiger partial charge in [0.2, 0.25) is 0 Å². The Morgan fingerprint density at radius 2 is 2.17 bits per heavy atom. The molecule has 4 heteroatoms. The predicted molar refractivity (Wildman–Crippen MR) is 50.2 cm³/mol. The van der Waals surface area contributed by atoms with E-state index in [2.05, 4.69) is 26.0 Å². The molecule has 0 radical (unpaired) electrons. The van der Waals surface area contributed by atoms with Crippen molar-refractivity contribution in [2.24, 2.45) is 0 Å². The van der Waals surface area contributed by atoms with Gasteiger partial charge in [0.1, 0.15) is 4.60 Å². The molecule has 0 N–H and O–H groups in total. The van der Waals surface area contributed by atoms with Gasteiger partial charge in [-0.15, -0.1) is 0 Å². The second kappa shape index (κ2) is 2.55. The molecule has 0 unspecified atom stereocenters. The van der Waals surface area contributed by atoms with Gasteiger partial charge in [0.05, 0.1) is 23.1 Å². The van der Waals surface area contributed by atoms with Crippen LogP contribution in [0.2, 0.25) is 0 Å². The highest BCUT2D eigenvalue weighted by Crippen LogP contribution is 2.14. The number of hydrogen-bond donors (Lipinski definition) is 0. The highest BCUT2D eigenvalue weighted by molar-refractivity contribution is 9.10. The summed E-state index contributed by atoms with van der Waals surface area (Å²) >= 11 is 3.32. The normalized spacial score (nSPS) is 10.9. The Hall–Kier alpha value is -0.900. The molecule has 0 bridgehead atoms. The summed E-state index contributed by atoms with van der Waals surface area (Å²) in [6.45, 7) is 3.94. The van der Waals surface area contributed by atoms with Crippen molar-refractivity contribution in [2.45, 2.75) is 13.8 Å². The molecule has 0 aliphatic rings. The maximum Gasteiger partial charge on any atom is 0.129 e. The lowest BCUT2D eigenvalue weighted by Crippen LogP contribution is -1.94. The molecule has 0 spiro atoms. The summed E-state index contributed by atoms with van der Waals surface area (Å²) in [7, 11) is 0. The van der Waals surface area contributed by atoms with Gasteiger partial charge < -0.3 is 0 Å². The molecule has 0 atom stereocenters. The molecule has 62 valence electrons. The minimum absolute atomic E-state index is 0.845. The molecule has 2 heterocycles. The van der Waals surface area contributed by atoms with Crippen molar-refractivity contribution >= 4 is 21.4 Å². The van der Waals surface area contributed by atoms with E-state index < -0.39 is 0 Å². The number of halogens is 1. The summed E-state index contributed by atoms with van der Waals surface area (Å²) in [5, 5.41) is 4.23. The van der Waals surface area contributed by atoms with Crippen LogP contribution < -0.4 is 0 Å². The molecular formula is C8H8BrN3. The Labute approximate surface area is 78.6 Å². The summed E-state index contributed by atoms with van der Waals surface area (Å²) in [4.78, 5) is 4.33. The van der Waals surface area contributed by atoms with Crippen LogP contribution >= 0.6 is 15.9 Å². The molecule has 3 nitrogen and oxygen atoms in total. The Kier molecular flexibility index (Phi) is 1.65. The van der Waals surface area contributed by atoms with Crippen LogP contribution in [0.15, 0.2) is 16.9 Å². The van der Waals surface area contributed by atoms with Gasteiger partial charge in [-0.3, -0.25) is 4.98 Å². The third kappa shape index (κ3) is 1.12. The Balaban J connectivity index is 2.88. The Morgan fingerprint density at radius 3 is 2.92 bits per heavy atom. The van der Waals surface area contributed by atoms with Crippen molar-refractivity contribution < 1.29 is 0 Å². The van der Waals surface area contributed by atoms with Crippen molar-refractivity contribution in [3.63, 3.8) is 0 Å². The van der Waals surface area contributed by atoms with Crippen LogP contribution in [-0.2, 0) is 0 Å². The Morgan fingerprint density at radius 1 is 1.42 bits per heavy atom. The fourth-order valence-electron chi connectivity index (χ4n) is 1.26. The lowest BCUT2D eigenvalue weighted by molar-refractivity contribution is 0.905. The van der Waals surface area contributed by atoms with Gasteiger partial charge in [-0.1, -0.05) is 0 Å². The van der Waals surface area contributed by atoms with E-state index in [-0.39, 0.29) is 0 Å². The SMILES string of the molecule is Cc1cn2nc(Br)cc2c(C)n1. The first-order chi connectivity index (χ1) is 5.66. The van der Waals surface area contributed by atoms with E-state index in [0.29, 0.717) is 0 Å². The largest absolute Gasteiger partial charge is 0.255 e. The first-order valence-corrected chi connectivity index (χ1v) is 4.45. The van der Waals surface area contributed by atoms with E-state index >= 15 is 0 Å². The Bertz CT molecular complexity index is 433. The van der Waals surface area contributed by atoms with Crippen molar-refractivity contribution in [1.82, 2.24) is 14.6 Å². The van der Waals surface area contributed by atoms with Gasteiger partial charge in [-0.25, -0.2) is 4.52 Å². The maximum absolute atomic E-state index is 4.33. The van der Waals surface area contributed by atoms with Crippen LogP contribution in [-0.4, -0.2) is 14.6 Å². The number of fused-ring (bicyclic) bond motifs is 1. The first kappa shape index (κ1) is 7.73. The average molecular weight is 226 g/mol. The molecule has 0 amide bonds. The fourth-order valence-corrected chi connectivity index (χ4v) is 1.65. The maximum atomic E-state index is 4.33. The quantitative estimate of drug-likeness (QED) is 0.688. The predicted octanol–water partition coefficient (Wildman–Crippen LogP) is 2.11. The molecule has 0 aliphatic carbocycles. The fraction of sp³-hybridized carbons (Fsp3) is 0.250. The molecule has 12 heavy (non-hydrogen) atoms. The van der Waals surface area contributed by atoms with E-state index in [1.54, 1.807) is 0 Å². The second-order valence-corrected chi connectivity index (χ2v) is 3.58. The minimum atomic E-state index is 0.845. The number of hydrogen-bond acceptors (Lipinski definition) is 2. The number of rotatable bonds is 0. The van der Waals surface area contributed by atoms with Gasteiger partial charge >= 0.3 is 0 Å².